The molecule has 1 saturated carbocycles. The Labute approximate surface area is 117 Å². The van der Waals surface area contributed by atoms with Crippen LogP contribution in [0.1, 0.15) is 36.8 Å². The van der Waals surface area contributed by atoms with Crippen LogP contribution in [0.15, 0.2) is 35.9 Å². The summed E-state index contributed by atoms with van der Waals surface area (Å²) in [6, 6.07) is 7.77. The minimum Gasteiger partial charge on any atom is -0.383 e. The van der Waals surface area contributed by atoms with Crippen molar-refractivity contribution in [2.75, 3.05) is 0 Å². The standard InChI is InChI=1S/C16H18F2O2/c1-11-2-4-12(5-3-11)10-20-16-8-6-15(19,7-9-16)13(17)14(16)18/h2-5,19H,6-10H2,1H3. The van der Waals surface area contributed by atoms with Crippen LogP contribution in [-0.4, -0.2) is 16.3 Å². The molecule has 0 radical (unpaired) electrons. The van der Waals surface area contributed by atoms with Crippen molar-refractivity contribution in [2.45, 2.75) is 50.4 Å². The highest BCUT2D eigenvalue weighted by Gasteiger charge is 2.55. The lowest BCUT2D eigenvalue weighted by Gasteiger charge is -2.47. The van der Waals surface area contributed by atoms with Gasteiger partial charge in [-0.05, 0) is 38.2 Å². The SMILES string of the molecule is Cc1ccc(COC23CCC(O)(CC2)C(F)=C3F)cc1. The predicted octanol–water partition coefficient (Wildman–Crippen LogP) is 3.72. The number of ether oxygens (including phenoxy) is 1. The number of halogens is 2. The third-order valence-corrected chi connectivity index (χ3v) is 4.52. The Bertz CT molecular complexity index is 540. The van der Waals surface area contributed by atoms with Gasteiger partial charge in [-0.3, -0.25) is 0 Å². The lowest BCUT2D eigenvalue weighted by atomic mass is 9.68. The average molecular weight is 280 g/mol. The van der Waals surface area contributed by atoms with Gasteiger partial charge in [0.1, 0.15) is 11.2 Å². The number of aryl methyl sites for hydroxylation is 1. The van der Waals surface area contributed by atoms with Gasteiger partial charge in [0.05, 0.1) is 6.61 Å². The van der Waals surface area contributed by atoms with Crippen molar-refractivity contribution in [3.05, 3.63) is 47.0 Å². The molecule has 0 atom stereocenters. The summed E-state index contributed by atoms with van der Waals surface area (Å²) in [5.74, 6) is -1.94. The Balaban J connectivity index is 1.79. The van der Waals surface area contributed by atoms with E-state index in [-0.39, 0.29) is 19.4 Å². The molecule has 0 amide bonds. The molecule has 1 aromatic rings. The first-order valence-electron chi connectivity index (χ1n) is 6.93. The summed E-state index contributed by atoms with van der Waals surface area (Å²) in [6.45, 7) is 2.24. The van der Waals surface area contributed by atoms with E-state index in [1.807, 2.05) is 31.2 Å². The second-order valence-corrected chi connectivity index (χ2v) is 5.93. The van der Waals surface area contributed by atoms with Crippen LogP contribution in [0.5, 0.6) is 0 Å². The molecule has 3 aliphatic rings. The van der Waals surface area contributed by atoms with Crippen LogP contribution in [0.2, 0.25) is 0 Å². The van der Waals surface area contributed by atoms with E-state index in [9.17, 15) is 13.9 Å². The molecule has 108 valence electrons. The predicted molar refractivity (Wildman–Crippen MR) is 71.4 cm³/mol. The van der Waals surface area contributed by atoms with Gasteiger partial charge in [0.25, 0.3) is 0 Å². The monoisotopic (exact) mass is 280 g/mol. The van der Waals surface area contributed by atoms with Crippen molar-refractivity contribution >= 4 is 0 Å². The molecule has 1 aromatic carbocycles. The smallest absolute Gasteiger partial charge is 0.166 e. The lowest BCUT2D eigenvalue weighted by Crippen LogP contribution is -2.51. The van der Waals surface area contributed by atoms with Crippen LogP contribution in [-0.2, 0) is 11.3 Å². The van der Waals surface area contributed by atoms with E-state index in [1.165, 1.54) is 0 Å². The first-order valence-corrected chi connectivity index (χ1v) is 6.93. The summed E-state index contributed by atoms with van der Waals surface area (Å²) in [5.41, 5.74) is -0.701. The Morgan fingerprint density at radius 2 is 1.65 bits per heavy atom. The molecule has 2 bridgehead atoms. The molecular weight excluding hydrogens is 262 g/mol. The summed E-state index contributed by atoms with van der Waals surface area (Å²) in [7, 11) is 0. The van der Waals surface area contributed by atoms with E-state index in [1.54, 1.807) is 0 Å². The Hall–Kier alpha value is -1.26. The zero-order chi connectivity index (χ0) is 14.4. The van der Waals surface area contributed by atoms with Crippen molar-refractivity contribution in [2.24, 2.45) is 0 Å². The number of benzene rings is 1. The maximum Gasteiger partial charge on any atom is 0.166 e. The fourth-order valence-electron chi connectivity index (χ4n) is 3.02. The maximum absolute atomic E-state index is 14.2. The van der Waals surface area contributed by atoms with E-state index >= 15 is 0 Å². The molecule has 0 saturated heterocycles. The van der Waals surface area contributed by atoms with E-state index in [0.717, 1.165) is 11.1 Å². The Morgan fingerprint density at radius 1 is 1.05 bits per heavy atom. The van der Waals surface area contributed by atoms with Gasteiger partial charge < -0.3 is 9.84 Å². The molecular formula is C16H18F2O2. The number of hydrogen-bond acceptors (Lipinski definition) is 2. The molecule has 2 nitrogen and oxygen atoms in total. The van der Waals surface area contributed by atoms with E-state index in [4.69, 9.17) is 4.74 Å². The van der Waals surface area contributed by atoms with E-state index in [0.29, 0.717) is 12.8 Å². The summed E-state index contributed by atoms with van der Waals surface area (Å²) in [5, 5.41) is 9.96. The van der Waals surface area contributed by atoms with Crippen LogP contribution in [0, 0.1) is 6.92 Å². The largest absolute Gasteiger partial charge is 0.383 e. The molecule has 0 spiro atoms. The molecule has 0 heterocycles. The van der Waals surface area contributed by atoms with Gasteiger partial charge in [0, 0.05) is 0 Å². The molecule has 4 heteroatoms. The van der Waals surface area contributed by atoms with Crippen molar-refractivity contribution in [1.82, 2.24) is 0 Å². The first kappa shape index (κ1) is 13.7. The van der Waals surface area contributed by atoms with Crippen LogP contribution in [0.3, 0.4) is 0 Å². The quantitative estimate of drug-likeness (QED) is 0.914. The van der Waals surface area contributed by atoms with Gasteiger partial charge in [-0.25, -0.2) is 8.78 Å². The zero-order valence-electron chi connectivity index (χ0n) is 11.5. The summed E-state index contributed by atoms with van der Waals surface area (Å²) >= 11 is 0. The molecule has 1 fully saturated rings. The topological polar surface area (TPSA) is 29.5 Å². The Kier molecular flexibility index (Phi) is 3.18. The van der Waals surface area contributed by atoms with Crippen LogP contribution < -0.4 is 0 Å². The normalized spacial score (nSPS) is 32.8. The summed E-state index contributed by atoms with van der Waals surface area (Å²) in [4.78, 5) is 0. The fourth-order valence-corrected chi connectivity index (χ4v) is 3.02. The summed E-state index contributed by atoms with van der Waals surface area (Å²) < 4.78 is 33.7. The van der Waals surface area contributed by atoms with Crippen LogP contribution in [0.25, 0.3) is 0 Å². The highest BCUT2D eigenvalue weighted by atomic mass is 19.2. The first-order chi connectivity index (χ1) is 9.45. The van der Waals surface area contributed by atoms with Gasteiger partial charge in [-0.1, -0.05) is 29.8 Å². The fraction of sp³-hybridized carbons (Fsp3) is 0.500. The minimum absolute atomic E-state index is 0.222. The van der Waals surface area contributed by atoms with Gasteiger partial charge in [-0.2, -0.15) is 0 Å². The molecule has 3 aliphatic carbocycles. The maximum atomic E-state index is 14.2. The molecule has 0 unspecified atom stereocenters. The number of aliphatic hydroxyl groups is 1. The number of rotatable bonds is 3. The summed E-state index contributed by atoms with van der Waals surface area (Å²) in [6.07, 6.45) is 1.10. The zero-order valence-corrected chi connectivity index (χ0v) is 11.5. The van der Waals surface area contributed by atoms with Gasteiger partial charge in [0.2, 0.25) is 0 Å². The third kappa shape index (κ3) is 2.07. The lowest BCUT2D eigenvalue weighted by molar-refractivity contribution is -0.132. The van der Waals surface area contributed by atoms with Crippen LogP contribution >= 0.6 is 0 Å². The second-order valence-electron chi connectivity index (χ2n) is 5.93. The molecule has 20 heavy (non-hydrogen) atoms. The number of fused-ring (bicyclic) bond motifs is 2. The highest BCUT2D eigenvalue weighted by molar-refractivity contribution is 5.30. The van der Waals surface area contributed by atoms with E-state index in [2.05, 4.69) is 0 Å². The highest BCUT2D eigenvalue weighted by Crippen LogP contribution is 2.53. The third-order valence-electron chi connectivity index (χ3n) is 4.52. The minimum atomic E-state index is -1.60. The van der Waals surface area contributed by atoms with Crippen molar-refractivity contribution < 1.29 is 18.6 Å². The van der Waals surface area contributed by atoms with Crippen molar-refractivity contribution in [3.63, 3.8) is 0 Å². The van der Waals surface area contributed by atoms with Crippen molar-refractivity contribution in [1.29, 1.82) is 0 Å². The van der Waals surface area contributed by atoms with Crippen LogP contribution in [0.4, 0.5) is 8.78 Å². The van der Waals surface area contributed by atoms with E-state index < -0.39 is 22.9 Å². The Morgan fingerprint density at radius 3 is 2.25 bits per heavy atom. The van der Waals surface area contributed by atoms with Gasteiger partial charge >= 0.3 is 0 Å². The number of hydrogen-bond donors (Lipinski definition) is 1. The molecule has 1 N–H and O–H groups in total. The van der Waals surface area contributed by atoms with Gasteiger partial charge in [0.15, 0.2) is 11.7 Å². The average Bonchev–Trinajstić information content (AvgIpc) is 2.46. The molecule has 0 aliphatic heterocycles. The van der Waals surface area contributed by atoms with Crippen molar-refractivity contribution in [3.8, 4) is 0 Å². The molecule has 4 rings (SSSR count). The van der Waals surface area contributed by atoms with Gasteiger partial charge in [-0.15, -0.1) is 0 Å². The second kappa shape index (κ2) is 4.64. The molecule has 0 aromatic heterocycles.